The van der Waals surface area contributed by atoms with Gasteiger partial charge in [0.15, 0.2) is 0 Å². The minimum Gasteiger partial charge on any atom is -0.330 e. The first-order chi connectivity index (χ1) is 6.81. The fraction of sp³-hybridized carbons (Fsp3) is 0.800. The van der Waals surface area contributed by atoms with Crippen LogP contribution in [-0.2, 0) is 6.54 Å². The molecule has 80 valence electrons. The molecule has 14 heavy (non-hydrogen) atoms. The van der Waals surface area contributed by atoms with Crippen molar-refractivity contribution in [3.63, 3.8) is 0 Å². The molecule has 0 aliphatic rings. The third kappa shape index (κ3) is 2.80. The van der Waals surface area contributed by atoms with Gasteiger partial charge in [-0.15, -0.1) is 5.10 Å². The van der Waals surface area contributed by atoms with Crippen LogP contribution < -0.4 is 5.73 Å². The number of nitrogens with two attached hydrogens (primary N) is 1. The van der Waals surface area contributed by atoms with E-state index in [0.717, 1.165) is 31.5 Å². The highest BCUT2D eigenvalue weighted by Crippen LogP contribution is 2.19. The summed E-state index contributed by atoms with van der Waals surface area (Å²) >= 11 is 0. The van der Waals surface area contributed by atoms with Crippen LogP contribution in [0.15, 0.2) is 6.20 Å². The van der Waals surface area contributed by atoms with E-state index in [1.807, 2.05) is 10.9 Å². The van der Waals surface area contributed by atoms with Crippen molar-refractivity contribution in [2.24, 2.45) is 5.73 Å². The molecule has 4 heteroatoms. The summed E-state index contributed by atoms with van der Waals surface area (Å²) in [5.41, 5.74) is 6.55. The van der Waals surface area contributed by atoms with Gasteiger partial charge in [0, 0.05) is 18.7 Å². The maximum Gasteiger partial charge on any atom is 0.0857 e. The number of rotatable bonds is 6. The van der Waals surface area contributed by atoms with Crippen LogP contribution >= 0.6 is 0 Å². The summed E-state index contributed by atoms with van der Waals surface area (Å²) < 4.78 is 1.89. The molecular formula is C10H20N4. The summed E-state index contributed by atoms with van der Waals surface area (Å²) in [5, 5.41) is 8.26. The number of aryl methyl sites for hydroxylation is 1. The highest BCUT2D eigenvalue weighted by Gasteiger charge is 2.10. The lowest BCUT2D eigenvalue weighted by molar-refractivity contribution is 0.564. The molecule has 0 fully saturated rings. The predicted molar refractivity (Wildman–Crippen MR) is 57.0 cm³/mol. The van der Waals surface area contributed by atoms with Crippen molar-refractivity contribution in [2.75, 3.05) is 6.54 Å². The molecule has 0 bridgehead atoms. The van der Waals surface area contributed by atoms with Crippen LogP contribution in [0, 0.1) is 0 Å². The molecule has 1 aromatic rings. The zero-order valence-electron chi connectivity index (χ0n) is 9.11. The van der Waals surface area contributed by atoms with Crippen LogP contribution in [0.4, 0.5) is 0 Å². The largest absolute Gasteiger partial charge is 0.330 e. The first-order valence-electron chi connectivity index (χ1n) is 5.41. The third-order valence-electron chi connectivity index (χ3n) is 2.55. The molecule has 1 aromatic heterocycles. The van der Waals surface area contributed by atoms with Crippen LogP contribution in [0.5, 0.6) is 0 Å². The molecule has 0 radical (unpaired) electrons. The summed E-state index contributed by atoms with van der Waals surface area (Å²) in [6.07, 6.45) is 5.28. The van der Waals surface area contributed by atoms with Gasteiger partial charge >= 0.3 is 0 Å². The standard InChI is InChI=1S/C10H20N4/c1-3-9(4-2)10-8-14(13-12-10)7-5-6-11/h8-9H,3-7,11H2,1-2H3. The maximum absolute atomic E-state index is 5.43. The van der Waals surface area contributed by atoms with Gasteiger partial charge in [0.1, 0.15) is 0 Å². The Balaban J connectivity index is 2.57. The molecule has 4 nitrogen and oxygen atoms in total. The van der Waals surface area contributed by atoms with Crippen LogP contribution in [0.1, 0.15) is 44.7 Å². The third-order valence-corrected chi connectivity index (χ3v) is 2.55. The summed E-state index contributed by atoms with van der Waals surface area (Å²) in [6.45, 7) is 5.96. The summed E-state index contributed by atoms with van der Waals surface area (Å²) in [5.74, 6) is 0.557. The van der Waals surface area contributed by atoms with E-state index in [9.17, 15) is 0 Å². The van der Waals surface area contributed by atoms with Gasteiger partial charge in [-0.3, -0.25) is 4.68 Å². The Morgan fingerprint density at radius 3 is 2.71 bits per heavy atom. The molecule has 0 saturated heterocycles. The molecule has 0 aromatic carbocycles. The molecule has 2 N–H and O–H groups in total. The van der Waals surface area contributed by atoms with E-state index in [0.29, 0.717) is 12.5 Å². The fourth-order valence-electron chi connectivity index (χ4n) is 1.57. The molecule has 0 saturated carbocycles. The van der Waals surface area contributed by atoms with Crippen molar-refractivity contribution in [2.45, 2.75) is 45.6 Å². The fourth-order valence-corrected chi connectivity index (χ4v) is 1.57. The quantitative estimate of drug-likeness (QED) is 0.750. The average Bonchev–Trinajstić information content (AvgIpc) is 2.65. The molecule has 0 amide bonds. The van der Waals surface area contributed by atoms with Crippen molar-refractivity contribution in [1.82, 2.24) is 15.0 Å². The normalized spacial score (nSPS) is 11.1. The Bertz CT molecular complexity index is 252. The van der Waals surface area contributed by atoms with Gasteiger partial charge in [-0.1, -0.05) is 19.1 Å². The van der Waals surface area contributed by atoms with Crippen LogP contribution in [0.2, 0.25) is 0 Å². The number of hydrogen-bond acceptors (Lipinski definition) is 3. The molecule has 0 spiro atoms. The highest BCUT2D eigenvalue weighted by molar-refractivity contribution is 5.00. The Kier molecular flexibility index (Phi) is 4.59. The van der Waals surface area contributed by atoms with E-state index in [4.69, 9.17) is 5.73 Å². The van der Waals surface area contributed by atoms with Gasteiger partial charge in [0.2, 0.25) is 0 Å². The van der Waals surface area contributed by atoms with E-state index in [-0.39, 0.29) is 0 Å². The van der Waals surface area contributed by atoms with Gasteiger partial charge in [-0.25, -0.2) is 0 Å². The van der Waals surface area contributed by atoms with Gasteiger partial charge < -0.3 is 5.73 Å². The second-order valence-electron chi connectivity index (χ2n) is 3.56. The summed E-state index contributed by atoms with van der Waals surface area (Å²) in [4.78, 5) is 0. The summed E-state index contributed by atoms with van der Waals surface area (Å²) in [6, 6.07) is 0. The lowest BCUT2D eigenvalue weighted by Crippen LogP contribution is -2.06. The highest BCUT2D eigenvalue weighted by atomic mass is 15.4. The zero-order valence-corrected chi connectivity index (χ0v) is 9.11. The van der Waals surface area contributed by atoms with Gasteiger partial charge in [-0.2, -0.15) is 0 Å². The van der Waals surface area contributed by atoms with Gasteiger partial charge in [0.25, 0.3) is 0 Å². The topological polar surface area (TPSA) is 56.7 Å². The number of hydrogen-bond donors (Lipinski definition) is 1. The molecular weight excluding hydrogens is 176 g/mol. The SMILES string of the molecule is CCC(CC)c1cn(CCCN)nn1. The average molecular weight is 196 g/mol. The predicted octanol–water partition coefficient (Wildman–Crippen LogP) is 1.53. The van der Waals surface area contributed by atoms with Crippen LogP contribution in [0.3, 0.4) is 0 Å². The van der Waals surface area contributed by atoms with E-state index in [1.54, 1.807) is 0 Å². The second kappa shape index (κ2) is 5.75. The monoisotopic (exact) mass is 196 g/mol. The molecule has 1 rings (SSSR count). The Hall–Kier alpha value is -0.900. The minimum atomic E-state index is 0.557. The minimum absolute atomic E-state index is 0.557. The van der Waals surface area contributed by atoms with Crippen molar-refractivity contribution in [3.8, 4) is 0 Å². The van der Waals surface area contributed by atoms with Gasteiger partial charge in [-0.05, 0) is 25.8 Å². The maximum atomic E-state index is 5.43. The number of aromatic nitrogens is 3. The van der Waals surface area contributed by atoms with Crippen molar-refractivity contribution < 1.29 is 0 Å². The van der Waals surface area contributed by atoms with Crippen molar-refractivity contribution >= 4 is 0 Å². The van der Waals surface area contributed by atoms with Crippen molar-refractivity contribution in [1.29, 1.82) is 0 Å². The van der Waals surface area contributed by atoms with Crippen molar-refractivity contribution in [3.05, 3.63) is 11.9 Å². The first kappa shape index (κ1) is 11.2. The molecule has 0 atom stereocenters. The molecule has 1 heterocycles. The van der Waals surface area contributed by atoms with E-state index in [2.05, 4.69) is 24.2 Å². The molecule has 0 aliphatic carbocycles. The van der Waals surface area contributed by atoms with Crippen LogP contribution in [0.25, 0.3) is 0 Å². The zero-order chi connectivity index (χ0) is 10.4. The lowest BCUT2D eigenvalue weighted by Gasteiger charge is -2.06. The van der Waals surface area contributed by atoms with E-state index < -0.39 is 0 Å². The first-order valence-corrected chi connectivity index (χ1v) is 5.41. The Morgan fingerprint density at radius 2 is 2.14 bits per heavy atom. The van der Waals surface area contributed by atoms with E-state index >= 15 is 0 Å². The number of nitrogens with zero attached hydrogens (tertiary/aromatic N) is 3. The molecule has 0 unspecified atom stereocenters. The smallest absolute Gasteiger partial charge is 0.0857 e. The lowest BCUT2D eigenvalue weighted by atomic mass is 10.0. The Morgan fingerprint density at radius 1 is 1.43 bits per heavy atom. The van der Waals surface area contributed by atoms with E-state index in [1.165, 1.54) is 0 Å². The second-order valence-corrected chi connectivity index (χ2v) is 3.56. The van der Waals surface area contributed by atoms with Gasteiger partial charge in [0.05, 0.1) is 5.69 Å². The Labute approximate surface area is 85.5 Å². The molecule has 0 aliphatic heterocycles. The summed E-state index contributed by atoms with van der Waals surface area (Å²) in [7, 11) is 0. The van der Waals surface area contributed by atoms with Crippen LogP contribution in [-0.4, -0.2) is 21.5 Å².